The monoisotopic (exact) mass is 236 g/mol. The molecule has 17 heavy (non-hydrogen) atoms. The molecular weight excluding hydrogens is 216 g/mol. The Morgan fingerprint density at radius 3 is 2.71 bits per heavy atom. The van der Waals surface area contributed by atoms with Crippen LogP contribution in [0.4, 0.5) is 0 Å². The van der Waals surface area contributed by atoms with Crippen LogP contribution in [0.25, 0.3) is 0 Å². The summed E-state index contributed by atoms with van der Waals surface area (Å²) in [7, 11) is 0. The Kier molecular flexibility index (Phi) is 6.29. The highest BCUT2D eigenvalue weighted by molar-refractivity contribution is 5.76. The van der Waals surface area contributed by atoms with Gasteiger partial charge in [0.2, 0.25) is 5.91 Å². The van der Waals surface area contributed by atoms with Crippen LogP contribution >= 0.6 is 0 Å². The zero-order valence-corrected chi connectivity index (χ0v) is 10.1. The van der Waals surface area contributed by atoms with E-state index < -0.39 is 6.10 Å². The van der Waals surface area contributed by atoms with Crippen molar-refractivity contribution >= 4 is 5.91 Å². The average Bonchev–Trinajstić information content (AvgIpc) is 2.37. The van der Waals surface area contributed by atoms with E-state index in [9.17, 15) is 9.90 Å². The van der Waals surface area contributed by atoms with Crippen LogP contribution in [-0.2, 0) is 4.79 Å². The van der Waals surface area contributed by atoms with E-state index in [1.54, 1.807) is 0 Å². The molecule has 1 rings (SSSR count). The molecule has 0 saturated carbocycles. The maximum atomic E-state index is 11.4. The molecule has 0 fully saturated rings. The third-order valence-electron chi connectivity index (χ3n) is 2.46. The van der Waals surface area contributed by atoms with Crippen molar-refractivity contribution in [3.63, 3.8) is 0 Å². The summed E-state index contributed by atoms with van der Waals surface area (Å²) in [6.45, 7) is 3.79. The molecule has 3 N–H and O–H groups in total. The third kappa shape index (κ3) is 5.47. The molecule has 0 heterocycles. The average molecular weight is 236 g/mol. The van der Waals surface area contributed by atoms with Crippen molar-refractivity contribution in [2.75, 3.05) is 19.6 Å². The lowest BCUT2D eigenvalue weighted by molar-refractivity contribution is -0.121. The summed E-state index contributed by atoms with van der Waals surface area (Å²) in [5, 5.41) is 15.6. The van der Waals surface area contributed by atoms with Gasteiger partial charge in [-0.2, -0.15) is 0 Å². The van der Waals surface area contributed by atoms with E-state index in [4.69, 9.17) is 0 Å². The SMILES string of the molecule is CCNCCC(=O)NCC(O)c1ccccc1. The summed E-state index contributed by atoms with van der Waals surface area (Å²) in [4.78, 5) is 11.4. The fourth-order valence-corrected chi connectivity index (χ4v) is 1.47. The Bertz CT molecular complexity index is 327. The van der Waals surface area contributed by atoms with E-state index in [0.29, 0.717) is 13.0 Å². The molecule has 1 aromatic rings. The van der Waals surface area contributed by atoms with Crippen molar-refractivity contribution < 1.29 is 9.90 Å². The maximum absolute atomic E-state index is 11.4. The second-order valence-electron chi connectivity index (χ2n) is 3.83. The lowest BCUT2D eigenvalue weighted by Gasteiger charge is -2.12. The zero-order chi connectivity index (χ0) is 12.5. The van der Waals surface area contributed by atoms with Crippen LogP contribution in [0.15, 0.2) is 30.3 Å². The maximum Gasteiger partial charge on any atom is 0.221 e. The molecule has 0 spiro atoms. The van der Waals surface area contributed by atoms with Crippen molar-refractivity contribution in [1.29, 1.82) is 0 Å². The van der Waals surface area contributed by atoms with Gasteiger partial charge in [0.05, 0.1) is 6.10 Å². The molecule has 1 atom stereocenters. The lowest BCUT2D eigenvalue weighted by atomic mass is 10.1. The molecule has 0 saturated heterocycles. The molecule has 0 bridgehead atoms. The molecule has 0 aliphatic rings. The first kappa shape index (κ1) is 13.7. The topological polar surface area (TPSA) is 61.4 Å². The highest BCUT2D eigenvalue weighted by atomic mass is 16.3. The number of aliphatic hydroxyl groups is 1. The number of amides is 1. The first-order valence-corrected chi connectivity index (χ1v) is 5.94. The van der Waals surface area contributed by atoms with Crippen LogP contribution in [0, 0.1) is 0 Å². The lowest BCUT2D eigenvalue weighted by Crippen LogP contribution is -2.30. The van der Waals surface area contributed by atoms with Gasteiger partial charge in [0, 0.05) is 19.5 Å². The van der Waals surface area contributed by atoms with Gasteiger partial charge in [0.1, 0.15) is 0 Å². The van der Waals surface area contributed by atoms with Crippen molar-refractivity contribution in [2.45, 2.75) is 19.4 Å². The number of hydrogen-bond acceptors (Lipinski definition) is 3. The van der Waals surface area contributed by atoms with Crippen LogP contribution in [0.2, 0.25) is 0 Å². The van der Waals surface area contributed by atoms with Gasteiger partial charge >= 0.3 is 0 Å². The van der Waals surface area contributed by atoms with E-state index in [1.807, 2.05) is 37.3 Å². The van der Waals surface area contributed by atoms with Gasteiger partial charge in [0.15, 0.2) is 0 Å². The van der Waals surface area contributed by atoms with E-state index in [0.717, 1.165) is 12.1 Å². The Balaban J connectivity index is 2.24. The highest BCUT2D eigenvalue weighted by Gasteiger charge is 2.08. The molecule has 0 aromatic heterocycles. The minimum atomic E-state index is -0.640. The number of nitrogens with one attached hydrogen (secondary N) is 2. The van der Waals surface area contributed by atoms with Gasteiger partial charge in [-0.3, -0.25) is 4.79 Å². The number of benzene rings is 1. The molecular formula is C13H20N2O2. The smallest absolute Gasteiger partial charge is 0.221 e. The minimum Gasteiger partial charge on any atom is -0.387 e. The van der Waals surface area contributed by atoms with Crippen molar-refractivity contribution in [2.24, 2.45) is 0 Å². The molecule has 1 amide bonds. The third-order valence-corrected chi connectivity index (χ3v) is 2.46. The van der Waals surface area contributed by atoms with Gasteiger partial charge in [0.25, 0.3) is 0 Å². The Morgan fingerprint density at radius 2 is 2.06 bits per heavy atom. The van der Waals surface area contributed by atoms with Crippen LogP contribution < -0.4 is 10.6 Å². The summed E-state index contributed by atoms with van der Waals surface area (Å²) in [6.07, 6.45) is -0.200. The standard InChI is InChI=1S/C13H20N2O2/c1-2-14-9-8-13(17)15-10-12(16)11-6-4-3-5-7-11/h3-7,12,14,16H,2,8-10H2,1H3,(H,15,17). The number of carbonyl (C=O) groups is 1. The predicted octanol–water partition coefficient (Wildman–Crippen LogP) is 0.836. The second-order valence-corrected chi connectivity index (χ2v) is 3.83. The number of aliphatic hydroxyl groups excluding tert-OH is 1. The van der Waals surface area contributed by atoms with E-state index in [2.05, 4.69) is 10.6 Å². The second kappa shape index (κ2) is 7.81. The molecule has 94 valence electrons. The predicted molar refractivity (Wildman–Crippen MR) is 67.6 cm³/mol. The fraction of sp³-hybridized carbons (Fsp3) is 0.462. The summed E-state index contributed by atoms with van der Waals surface area (Å²) in [5.74, 6) is -0.0408. The van der Waals surface area contributed by atoms with Crippen molar-refractivity contribution in [1.82, 2.24) is 10.6 Å². The van der Waals surface area contributed by atoms with Crippen LogP contribution in [0.3, 0.4) is 0 Å². The van der Waals surface area contributed by atoms with Gasteiger partial charge in [-0.15, -0.1) is 0 Å². The quantitative estimate of drug-likeness (QED) is 0.615. The first-order chi connectivity index (χ1) is 8.24. The number of rotatable bonds is 7. The van der Waals surface area contributed by atoms with Crippen molar-refractivity contribution in [3.05, 3.63) is 35.9 Å². The van der Waals surface area contributed by atoms with E-state index >= 15 is 0 Å². The summed E-state index contributed by atoms with van der Waals surface area (Å²) in [6, 6.07) is 9.31. The largest absolute Gasteiger partial charge is 0.387 e. The number of hydrogen-bond donors (Lipinski definition) is 3. The summed E-state index contributed by atoms with van der Waals surface area (Å²) >= 11 is 0. The molecule has 0 aliphatic carbocycles. The van der Waals surface area contributed by atoms with Crippen LogP contribution in [0.1, 0.15) is 25.0 Å². The summed E-state index contributed by atoms with van der Waals surface area (Å²) in [5.41, 5.74) is 0.819. The number of carbonyl (C=O) groups excluding carboxylic acids is 1. The van der Waals surface area contributed by atoms with Crippen molar-refractivity contribution in [3.8, 4) is 0 Å². The highest BCUT2D eigenvalue weighted by Crippen LogP contribution is 2.10. The Morgan fingerprint density at radius 1 is 1.35 bits per heavy atom. The Labute approximate surface area is 102 Å². The minimum absolute atomic E-state index is 0.0408. The van der Waals surface area contributed by atoms with Gasteiger partial charge in [-0.1, -0.05) is 37.3 Å². The zero-order valence-electron chi connectivity index (χ0n) is 10.1. The van der Waals surface area contributed by atoms with Crippen LogP contribution in [-0.4, -0.2) is 30.6 Å². The molecule has 1 unspecified atom stereocenters. The van der Waals surface area contributed by atoms with Gasteiger partial charge in [-0.05, 0) is 12.1 Å². The molecule has 4 heteroatoms. The molecule has 0 radical (unpaired) electrons. The first-order valence-electron chi connectivity index (χ1n) is 5.94. The molecule has 1 aromatic carbocycles. The van der Waals surface area contributed by atoms with E-state index in [1.165, 1.54) is 0 Å². The van der Waals surface area contributed by atoms with E-state index in [-0.39, 0.29) is 12.5 Å². The normalized spacial score (nSPS) is 12.1. The Hall–Kier alpha value is -1.39. The van der Waals surface area contributed by atoms with Gasteiger partial charge < -0.3 is 15.7 Å². The van der Waals surface area contributed by atoms with Gasteiger partial charge in [-0.25, -0.2) is 0 Å². The summed E-state index contributed by atoms with van der Waals surface area (Å²) < 4.78 is 0. The molecule has 0 aliphatic heterocycles. The van der Waals surface area contributed by atoms with Crippen LogP contribution in [0.5, 0.6) is 0 Å². The fourth-order valence-electron chi connectivity index (χ4n) is 1.47. The molecule has 4 nitrogen and oxygen atoms in total.